The van der Waals surface area contributed by atoms with Crippen LogP contribution in [0.2, 0.25) is 0 Å². The van der Waals surface area contributed by atoms with E-state index < -0.39 is 0 Å². The number of hydrogen-bond acceptors (Lipinski definition) is 7. The summed E-state index contributed by atoms with van der Waals surface area (Å²) in [5, 5.41) is 3.31. The predicted octanol–water partition coefficient (Wildman–Crippen LogP) is 3.48. The molecule has 6 rings (SSSR count). The van der Waals surface area contributed by atoms with Gasteiger partial charge in [-0.2, -0.15) is 0 Å². The number of pyridine rings is 1. The van der Waals surface area contributed by atoms with E-state index in [1.165, 1.54) is 43.4 Å². The van der Waals surface area contributed by atoms with Crippen molar-refractivity contribution in [1.29, 1.82) is 0 Å². The SMILES string of the molecule is CN1CCN(c2ccc(Nc3ncc4[nH]c5c(c4n3)C3(CCCCC3)CN=C5)nc2)CC1. The van der Waals surface area contributed by atoms with Gasteiger partial charge in [-0.3, -0.25) is 4.99 Å². The van der Waals surface area contributed by atoms with Gasteiger partial charge in [0.1, 0.15) is 5.82 Å². The molecule has 8 nitrogen and oxygen atoms in total. The lowest BCUT2D eigenvalue weighted by Gasteiger charge is -2.38. The normalized spacial score (nSPS) is 20.6. The smallest absolute Gasteiger partial charge is 0.229 e. The molecule has 1 saturated carbocycles. The highest BCUT2D eigenvalue weighted by atomic mass is 15.3. The number of nitrogens with zero attached hydrogens (tertiary/aromatic N) is 6. The zero-order valence-corrected chi connectivity index (χ0v) is 18.6. The highest BCUT2D eigenvalue weighted by Crippen LogP contribution is 2.45. The van der Waals surface area contributed by atoms with Gasteiger partial charge in [0.05, 0.1) is 34.8 Å². The van der Waals surface area contributed by atoms with E-state index in [-0.39, 0.29) is 5.41 Å². The lowest BCUT2D eigenvalue weighted by atomic mass is 9.68. The third-order valence-corrected chi connectivity index (χ3v) is 7.38. The standard InChI is InChI=1S/C24H30N8/c1-31-9-11-32(12-10-31)17-5-6-20(26-13-17)29-23-27-15-19-22(30-23)21-18(28-19)14-25-16-24(21)7-3-2-4-8-24/h5-6,13-15,28H,2-4,7-12,16H2,1H3,(H,26,27,29,30). The second-order valence-electron chi connectivity index (χ2n) is 9.50. The molecule has 0 radical (unpaired) electrons. The zero-order chi connectivity index (χ0) is 21.5. The average Bonchev–Trinajstić information content (AvgIpc) is 3.20. The molecule has 3 aromatic rings. The van der Waals surface area contributed by atoms with Crippen molar-refractivity contribution in [3.63, 3.8) is 0 Å². The second-order valence-corrected chi connectivity index (χ2v) is 9.50. The quantitative estimate of drug-likeness (QED) is 0.662. The molecule has 2 fully saturated rings. The van der Waals surface area contributed by atoms with Crippen LogP contribution in [0, 0.1) is 0 Å². The van der Waals surface area contributed by atoms with Gasteiger partial charge in [-0.15, -0.1) is 0 Å². The number of rotatable bonds is 3. The van der Waals surface area contributed by atoms with Crippen LogP contribution in [0.5, 0.6) is 0 Å². The Bertz CT molecular complexity index is 1130. The fraction of sp³-hybridized carbons (Fsp3) is 0.500. The van der Waals surface area contributed by atoms with E-state index in [2.05, 4.69) is 43.2 Å². The van der Waals surface area contributed by atoms with Crippen LogP contribution in [0.3, 0.4) is 0 Å². The summed E-state index contributed by atoms with van der Waals surface area (Å²) in [5.74, 6) is 1.35. The van der Waals surface area contributed by atoms with Gasteiger partial charge in [-0.05, 0) is 32.0 Å². The number of fused-ring (bicyclic) bond motifs is 4. The van der Waals surface area contributed by atoms with Gasteiger partial charge in [0, 0.05) is 49.9 Å². The molecule has 0 aromatic carbocycles. The molecule has 0 atom stereocenters. The minimum Gasteiger partial charge on any atom is -0.368 e. The maximum Gasteiger partial charge on any atom is 0.229 e. The summed E-state index contributed by atoms with van der Waals surface area (Å²) in [6.07, 6.45) is 12.0. The van der Waals surface area contributed by atoms with Crippen LogP contribution in [0.25, 0.3) is 11.0 Å². The number of aromatic amines is 1. The second kappa shape index (κ2) is 7.85. The molecule has 2 aliphatic heterocycles. The Balaban J connectivity index is 1.27. The molecular formula is C24H30N8. The number of nitrogens with one attached hydrogen (secondary N) is 2. The van der Waals surface area contributed by atoms with Crippen molar-refractivity contribution in [2.24, 2.45) is 4.99 Å². The van der Waals surface area contributed by atoms with E-state index in [1.54, 1.807) is 0 Å². The first-order valence-electron chi connectivity index (χ1n) is 11.8. The van der Waals surface area contributed by atoms with Gasteiger partial charge in [-0.25, -0.2) is 15.0 Å². The van der Waals surface area contributed by atoms with Gasteiger partial charge < -0.3 is 20.1 Å². The summed E-state index contributed by atoms with van der Waals surface area (Å²) in [7, 11) is 2.17. The summed E-state index contributed by atoms with van der Waals surface area (Å²) in [4.78, 5) is 27.1. The lowest BCUT2D eigenvalue weighted by Crippen LogP contribution is -2.44. The zero-order valence-electron chi connectivity index (χ0n) is 18.6. The molecule has 1 saturated heterocycles. The van der Waals surface area contributed by atoms with Crippen molar-refractivity contribution in [1.82, 2.24) is 24.8 Å². The molecule has 2 N–H and O–H groups in total. The van der Waals surface area contributed by atoms with Gasteiger partial charge >= 0.3 is 0 Å². The first kappa shape index (κ1) is 19.7. The molecule has 166 valence electrons. The maximum atomic E-state index is 4.94. The van der Waals surface area contributed by atoms with Crippen LogP contribution in [0.1, 0.15) is 43.4 Å². The molecule has 32 heavy (non-hydrogen) atoms. The number of anilines is 3. The Morgan fingerprint density at radius 2 is 1.84 bits per heavy atom. The summed E-state index contributed by atoms with van der Waals surface area (Å²) < 4.78 is 0. The molecule has 0 unspecified atom stereocenters. The van der Waals surface area contributed by atoms with Crippen molar-refractivity contribution in [3.05, 3.63) is 35.8 Å². The van der Waals surface area contributed by atoms with Crippen molar-refractivity contribution < 1.29 is 0 Å². The summed E-state index contributed by atoms with van der Waals surface area (Å²) >= 11 is 0. The fourth-order valence-electron chi connectivity index (χ4n) is 5.55. The van der Waals surface area contributed by atoms with Crippen LogP contribution in [0.4, 0.5) is 17.5 Å². The maximum absolute atomic E-state index is 4.94. The van der Waals surface area contributed by atoms with Gasteiger partial charge in [-0.1, -0.05) is 19.3 Å². The lowest BCUT2D eigenvalue weighted by molar-refractivity contribution is 0.301. The largest absolute Gasteiger partial charge is 0.368 e. The molecular weight excluding hydrogens is 400 g/mol. The minimum absolute atomic E-state index is 0.120. The van der Waals surface area contributed by atoms with E-state index in [1.807, 2.05) is 24.7 Å². The number of aromatic nitrogens is 4. The Labute approximate surface area is 188 Å². The third kappa shape index (κ3) is 3.43. The number of H-pyrrole nitrogens is 1. The van der Waals surface area contributed by atoms with Crippen molar-refractivity contribution >= 4 is 34.7 Å². The Kier molecular flexibility index (Phi) is 4.82. The molecule has 3 aliphatic rings. The Morgan fingerprint density at radius 1 is 1.00 bits per heavy atom. The van der Waals surface area contributed by atoms with E-state index in [0.717, 1.165) is 55.3 Å². The molecule has 5 heterocycles. The Hall–Kier alpha value is -3.00. The van der Waals surface area contributed by atoms with Gasteiger partial charge in [0.15, 0.2) is 0 Å². The van der Waals surface area contributed by atoms with Crippen molar-refractivity contribution in [2.45, 2.75) is 37.5 Å². The molecule has 0 bridgehead atoms. The topological polar surface area (TPSA) is 85.3 Å². The van der Waals surface area contributed by atoms with Crippen LogP contribution < -0.4 is 10.2 Å². The monoisotopic (exact) mass is 430 g/mol. The van der Waals surface area contributed by atoms with Crippen LogP contribution in [-0.4, -0.2) is 70.8 Å². The van der Waals surface area contributed by atoms with E-state index in [9.17, 15) is 0 Å². The van der Waals surface area contributed by atoms with Crippen molar-refractivity contribution in [3.8, 4) is 0 Å². The summed E-state index contributed by atoms with van der Waals surface area (Å²) in [6, 6.07) is 4.15. The molecule has 3 aromatic heterocycles. The van der Waals surface area contributed by atoms with Gasteiger partial charge in [0.25, 0.3) is 0 Å². The number of hydrogen-bond donors (Lipinski definition) is 2. The predicted molar refractivity (Wildman–Crippen MR) is 128 cm³/mol. The van der Waals surface area contributed by atoms with Crippen LogP contribution in [-0.2, 0) is 5.41 Å². The molecule has 0 amide bonds. The first-order valence-corrected chi connectivity index (χ1v) is 11.8. The van der Waals surface area contributed by atoms with Crippen molar-refractivity contribution in [2.75, 3.05) is 50.0 Å². The average molecular weight is 431 g/mol. The van der Waals surface area contributed by atoms with Gasteiger partial charge in [0.2, 0.25) is 5.95 Å². The first-order chi connectivity index (χ1) is 15.7. The number of aliphatic imine (C=N–C) groups is 1. The highest BCUT2D eigenvalue weighted by molar-refractivity contribution is 5.94. The van der Waals surface area contributed by atoms with Crippen LogP contribution >= 0.6 is 0 Å². The van der Waals surface area contributed by atoms with Crippen LogP contribution in [0.15, 0.2) is 29.5 Å². The summed E-state index contributed by atoms with van der Waals surface area (Å²) in [5.41, 5.74) is 5.74. The minimum atomic E-state index is 0.120. The van der Waals surface area contributed by atoms with E-state index in [4.69, 9.17) is 9.98 Å². The molecule has 1 aliphatic carbocycles. The van der Waals surface area contributed by atoms with E-state index >= 15 is 0 Å². The molecule has 1 spiro atoms. The summed E-state index contributed by atoms with van der Waals surface area (Å²) in [6.45, 7) is 5.11. The number of likely N-dealkylation sites (N-methyl/N-ethyl adjacent to an activating group) is 1. The highest BCUT2D eigenvalue weighted by Gasteiger charge is 2.40. The Morgan fingerprint density at radius 3 is 2.62 bits per heavy atom. The molecule has 8 heteroatoms. The third-order valence-electron chi connectivity index (χ3n) is 7.38. The fourth-order valence-corrected chi connectivity index (χ4v) is 5.55. The van der Waals surface area contributed by atoms with E-state index in [0.29, 0.717) is 5.95 Å². The number of piperazine rings is 1.